The van der Waals surface area contributed by atoms with Crippen molar-refractivity contribution in [3.63, 3.8) is 0 Å². The van der Waals surface area contributed by atoms with Crippen molar-refractivity contribution < 1.29 is 0 Å². The molecule has 0 saturated carbocycles. The van der Waals surface area contributed by atoms with E-state index in [1.54, 1.807) is 0 Å². The van der Waals surface area contributed by atoms with Gasteiger partial charge in [0.2, 0.25) is 0 Å². The minimum Gasteiger partial charge on any atom is -0.0794 e. The first-order chi connectivity index (χ1) is 6.66. The topological polar surface area (TPSA) is 0 Å². The average Bonchev–Trinajstić information content (AvgIpc) is 2.01. The van der Waals surface area contributed by atoms with Crippen molar-refractivity contribution in [2.45, 2.75) is 61.8 Å². The third-order valence-electron chi connectivity index (χ3n) is 3.61. The largest absolute Gasteiger partial charge is 0.0794 e. The van der Waals surface area contributed by atoms with Crippen LogP contribution in [-0.4, -0.2) is 0 Å². The molecule has 0 rings (SSSR count). The Morgan fingerprint density at radius 1 is 1.07 bits per heavy atom. The van der Waals surface area contributed by atoms with Gasteiger partial charge in [0.25, 0.3) is 0 Å². The summed E-state index contributed by atoms with van der Waals surface area (Å²) in [6, 6.07) is 0. The van der Waals surface area contributed by atoms with Crippen LogP contribution in [-0.2, 0) is 0 Å². The number of allylic oxidation sites excluding steroid dienone is 2. The Morgan fingerprint density at radius 3 is 1.87 bits per heavy atom. The lowest BCUT2D eigenvalue weighted by molar-refractivity contribution is 0.258. The van der Waals surface area contributed by atoms with Crippen LogP contribution in [0.2, 0.25) is 0 Å². The zero-order valence-electron chi connectivity index (χ0n) is 12.0. The molecule has 0 aliphatic heterocycles. The Labute approximate surface area is 97.2 Å². The molecule has 0 aliphatic rings. The highest BCUT2D eigenvalue weighted by molar-refractivity contribution is 5.08. The average molecular weight is 210 g/mol. The van der Waals surface area contributed by atoms with Crippen molar-refractivity contribution in [3.05, 3.63) is 11.6 Å². The smallest absolute Gasteiger partial charge is 0.0146 e. The molecular formula is C15H30. The van der Waals surface area contributed by atoms with Crippen molar-refractivity contribution in [3.8, 4) is 0 Å². The summed E-state index contributed by atoms with van der Waals surface area (Å²) >= 11 is 0. The van der Waals surface area contributed by atoms with E-state index in [0.29, 0.717) is 11.3 Å². The molecule has 0 saturated heterocycles. The Bertz CT molecular complexity index is 206. The summed E-state index contributed by atoms with van der Waals surface area (Å²) in [6.07, 6.45) is 3.79. The molecule has 0 aliphatic carbocycles. The minimum atomic E-state index is 0.332. The Balaban J connectivity index is 4.59. The third kappa shape index (κ3) is 5.39. The van der Waals surface area contributed by atoms with E-state index in [1.807, 2.05) is 0 Å². The van der Waals surface area contributed by atoms with Gasteiger partial charge in [-0.25, -0.2) is 0 Å². The Kier molecular flexibility index (Phi) is 5.62. The standard InChI is InChI=1S/C15H30/c1-11(2)9-14(6)15(7,8)10-13(5)12(3)4/h10-12,14H,9H2,1-8H3. The first-order valence-electron chi connectivity index (χ1n) is 6.36. The maximum atomic E-state index is 2.48. The van der Waals surface area contributed by atoms with Gasteiger partial charge in [0.15, 0.2) is 0 Å². The van der Waals surface area contributed by atoms with Crippen LogP contribution in [0, 0.1) is 23.2 Å². The summed E-state index contributed by atoms with van der Waals surface area (Å²) in [6.45, 7) is 18.5. The van der Waals surface area contributed by atoms with Gasteiger partial charge in [0, 0.05) is 0 Å². The van der Waals surface area contributed by atoms with Gasteiger partial charge in [-0.15, -0.1) is 0 Å². The second-order valence-electron chi connectivity index (χ2n) is 6.40. The Hall–Kier alpha value is -0.260. The van der Waals surface area contributed by atoms with Crippen molar-refractivity contribution in [1.29, 1.82) is 0 Å². The van der Waals surface area contributed by atoms with Gasteiger partial charge in [0.05, 0.1) is 0 Å². The van der Waals surface area contributed by atoms with Gasteiger partial charge in [-0.3, -0.25) is 0 Å². The molecule has 15 heavy (non-hydrogen) atoms. The van der Waals surface area contributed by atoms with Gasteiger partial charge in [-0.05, 0) is 36.5 Å². The molecule has 0 radical (unpaired) electrons. The van der Waals surface area contributed by atoms with Crippen LogP contribution in [0.25, 0.3) is 0 Å². The fourth-order valence-corrected chi connectivity index (χ4v) is 1.91. The lowest BCUT2D eigenvalue weighted by Gasteiger charge is -2.31. The van der Waals surface area contributed by atoms with Crippen LogP contribution in [0.1, 0.15) is 61.8 Å². The SMILES string of the molecule is CC(=CC(C)(C)C(C)CC(C)C)C(C)C. The predicted molar refractivity (Wildman–Crippen MR) is 71.0 cm³/mol. The summed E-state index contributed by atoms with van der Waals surface area (Å²) in [4.78, 5) is 0. The summed E-state index contributed by atoms with van der Waals surface area (Å²) in [5, 5.41) is 0. The first-order valence-corrected chi connectivity index (χ1v) is 6.36. The van der Waals surface area contributed by atoms with Crippen molar-refractivity contribution in [1.82, 2.24) is 0 Å². The van der Waals surface area contributed by atoms with Gasteiger partial charge in [-0.1, -0.05) is 60.1 Å². The maximum absolute atomic E-state index is 2.48. The number of hydrogen-bond acceptors (Lipinski definition) is 0. The molecule has 0 N–H and O–H groups in total. The van der Waals surface area contributed by atoms with Gasteiger partial charge in [0.1, 0.15) is 0 Å². The third-order valence-corrected chi connectivity index (χ3v) is 3.61. The highest BCUT2D eigenvalue weighted by Crippen LogP contribution is 2.34. The first kappa shape index (κ1) is 14.7. The van der Waals surface area contributed by atoms with E-state index < -0.39 is 0 Å². The van der Waals surface area contributed by atoms with Gasteiger partial charge >= 0.3 is 0 Å². The van der Waals surface area contributed by atoms with Crippen LogP contribution >= 0.6 is 0 Å². The highest BCUT2D eigenvalue weighted by atomic mass is 14.3. The molecular weight excluding hydrogens is 180 g/mol. The van der Waals surface area contributed by atoms with Gasteiger partial charge < -0.3 is 0 Å². The van der Waals surface area contributed by atoms with E-state index in [2.05, 4.69) is 61.5 Å². The van der Waals surface area contributed by atoms with E-state index in [4.69, 9.17) is 0 Å². The molecule has 0 heteroatoms. The second-order valence-corrected chi connectivity index (χ2v) is 6.40. The molecule has 0 bridgehead atoms. The second kappa shape index (κ2) is 5.72. The quantitative estimate of drug-likeness (QED) is 0.540. The van der Waals surface area contributed by atoms with E-state index in [1.165, 1.54) is 12.0 Å². The fraction of sp³-hybridized carbons (Fsp3) is 0.867. The fourth-order valence-electron chi connectivity index (χ4n) is 1.91. The maximum Gasteiger partial charge on any atom is -0.0146 e. The van der Waals surface area contributed by atoms with E-state index in [9.17, 15) is 0 Å². The van der Waals surface area contributed by atoms with Crippen LogP contribution in [0.3, 0.4) is 0 Å². The molecule has 0 nitrogen and oxygen atoms in total. The number of rotatable bonds is 5. The molecule has 1 atom stereocenters. The molecule has 0 aromatic rings. The van der Waals surface area contributed by atoms with Crippen molar-refractivity contribution >= 4 is 0 Å². The molecule has 0 amide bonds. The summed E-state index contributed by atoms with van der Waals surface area (Å²) in [7, 11) is 0. The predicted octanol–water partition coefficient (Wildman–Crippen LogP) is 5.30. The van der Waals surface area contributed by atoms with Crippen molar-refractivity contribution in [2.24, 2.45) is 23.2 Å². The van der Waals surface area contributed by atoms with E-state index in [-0.39, 0.29) is 0 Å². The molecule has 0 aromatic carbocycles. The van der Waals surface area contributed by atoms with Crippen LogP contribution < -0.4 is 0 Å². The summed E-state index contributed by atoms with van der Waals surface area (Å²) in [5.74, 6) is 2.23. The van der Waals surface area contributed by atoms with Crippen LogP contribution in [0.5, 0.6) is 0 Å². The van der Waals surface area contributed by atoms with E-state index in [0.717, 1.165) is 11.8 Å². The zero-order chi connectivity index (χ0) is 12.2. The minimum absolute atomic E-state index is 0.332. The van der Waals surface area contributed by atoms with E-state index >= 15 is 0 Å². The number of hydrogen-bond donors (Lipinski definition) is 0. The lowest BCUT2D eigenvalue weighted by Crippen LogP contribution is -2.21. The lowest BCUT2D eigenvalue weighted by atomic mass is 9.74. The Morgan fingerprint density at radius 2 is 1.53 bits per heavy atom. The van der Waals surface area contributed by atoms with Crippen LogP contribution in [0.4, 0.5) is 0 Å². The monoisotopic (exact) mass is 210 g/mol. The highest BCUT2D eigenvalue weighted by Gasteiger charge is 2.24. The van der Waals surface area contributed by atoms with Crippen molar-refractivity contribution in [2.75, 3.05) is 0 Å². The molecule has 1 unspecified atom stereocenters. The molecule has 0 spiro atoms. The molecule has 0 aromatic heterocycles. The molecule has 90 valence electrons. The normalized spacial score (nSPS) is 16.3. The van der Waals surface area contributed by atoms with Crippen LogP contribution in [0.15, 0.2) is 11.6 Å². The summed E-state index contributed by atoms with van der Waals surface area (Å²) in [5.41, 5.74) is 1.86. The summed E-state index contributed by atoms with van der Waals surface area (Å²) < 4.78 is 0. The zero-order valence-corrected chi connectivity index (χ0v) is 12.0. The molecule has 0 heterocycles. The van der Waals surface area contributed by atoms with Gasteiger partial charge in [-0.2, -0.15) is 0 Å². The molecule has 0 fully saturated rings.